The molecule has 0 atom stereocenters. The van der Waals surface area contributed by atoms with E-state index in [1.165, 1.54) is 4.90 Å². The van der Waals surface area contributed by atoms with Gasteiger partial charge in [0.25, 0.3) is 17.5 Å². The standard InChI is InChI=1S/C13H11ClF2N2O2S/c1-18(8-5-3-2-4-6-8)9(19)7-20-13-17-11(14)10(21-13)12(15)16/h2-6,12H,7H2,1H3. The van der Waals surface area contributed by atoms with Gasteiger partial charge in [-0.25, -0.2) is 8.78 Å². The van der Waals surface area contributed by atoms with Crippen molar-refractivity contribution >= 4 is 34.5 Å². The minimum absolute atomic E-state index is 0.0508. The number of likely N-dealkylation sites (N-methyl/N-ethyl adjacent to an activating group) is 1. The Hall–Kier alpha value is -1.73. The molecule has 0 bridgehead atoms. The van der Waals surface area contributed by atoms with Gasteiger partial charge in [0.05, 0.1) is 0 Å². The summed E-state index contributed by atoms with van der Waals surface area (Å²) >= 11 is 6.19. The highest BCUT2D eigenvalue weighted by Crippen LogP contribution is 2.35. The number of amides is 1. The van der Waals surface area contributed by atoms with E-state index in [2.05, 4.69) is 4.98 Å². The monoisotopic (exact) mass is 332 g/mol. The predicted molar refractivity (Wildman–Crippen MR) is 77.4 cm³/mol. The van der Waals surface area contributed by atoms with Crippen LogP contribution >= 0.6 is 22.9 Å². The zero-order valence-corrected chi connectivity index (χ0v) is 12.5. The molecule has 0 radical (unpaired) electrons. The second kappa shape index (κ2) is 6.82. The number of carbonyl (C=O) groups excluding carboxylic acids is 1. The molecule has 0 spiro atoms. The summed E-state index contributed by atoms with van der Waals surface area (Å²) in [6.45, 7) is -0.308. The number of ether oxygens (including phenoxy) is 1. The Morgan fingerprint density at radius 1 is 1.43 bits per heavy atom. The average molecular weight is 333 g/mol. The minimum Gasteiger partial charge on any atom is -0.460 e. The molecule has 4 nitrogen and oxygen atoms in total. The lowest BCUT2D eigenvalue weighted by Crippen LogP contribution is -2.31. The summed E-state index contributed by atoms with van der Waals surface area (Å²) in [7, 11) is 1.60. The summed E-state index contributed by atoms with van der Waals surface area (Å²) in [5, 5.41) is -0.348. The molecule has 1 heterocycles. The van der Waals surface area contributed by atoms with Crippen LogP contribution in [0.2, 0.25) is 5.15 Å². The van der Waals surface area contributed by atoms with Crippen LogP contribution in [-0.2, 0) is 4.79 Å². The van der Waals surface area contributed by atoms with Crippen molar-refractivity contribution in [1.29, 1.82) is 0 Å². The van der Waals surface area contributed by atoms with Crippen molar-refractivity contribution in [2.45, 2.75) is 6.43 Å². The third-order valence-corrected chi connectivity index (χ3v) is 4.00. The number of nitrogens with zero attached hydrogens (tertiary/aromatic N) is 2. The Morgan fingerprint density at radius 3 is 2.67 bits per heavy atom. The van der Waals surface area contributed by atoms with E-state index in [-0.39, 0.29) is 27.7 Å². The second-order valence-corrected chi connectivity index (χ2v) is 5.36. The number of halogens is 3. The third-order valence-electron chi connectivity index (χ3n) is 2.62. The highest BCUT2D eigenvalue weighted by atomic mass is 35.5. The van der Waals surface area contributed by atoms with E-state index in [9.17, 15) is 13.6 Å². The Morgan fingerprint density at radius 2 is 2.10 bits per heavy atom. The van der Waals surface area contributed by atoms with Crippen LogP contribution in [0.4, 0.5) is 14.5 Å². The predicted octanol–water partition coefficient (Wildman–Crippen LogP) is 3.78. The van der Waals surface area contributed by atoms with Gasteiger partial charge in [-0.1, -0.05) is 41.1 Å². The van der Waals surface area contributed by atoms with Crippen LogP contribution in [0.25, 0.3) is 0 Å². The lowest BCUT2D eigenvalue weighted by atomic mass is 10.3. The van der Waals surface area contributed by atoms with Gasteiger partial charge in [-0.05, 0) is 12.1 Å². The number of carbonyl (C=O) groups is 1. The number of alkyl halides is 2. The van der Waals surface area contributed by atoms with Crippen LogP contribution in [0, 0.1) is 0 Å². The molecule has 0 unspecified atom stereocenters. The lowest BCUT2D eigenvalue weighted by Gasteiger charge is -2.16. The maximum atomic E-state index is 12.5. The smallest absolute Gasteiger partial charge is 0.276 e. The summed E-state index contributed by atoms with van der Waals surface area (Å²) in [6.07, 6.45) is -2.71. The van der Waals surface area contributed by atoms with E-state index < -0.39 is 6.43 Å². The third kappa shape index (κ3) is 3.89. The van der Waals surface area contributed by atoms with Gasteiger partial charge in [0.15, 0.2) is 11.8 Å². The maximum Gasteiger partial charge on any atom is 0.276 e. The summed E-state index contributed by atoms with van der Waals surface area (Å²) in [6, 6.07) is 8.98. The Labute approximate surface area is 128 Å². The molecule has 112 valence electrons. The average Bonchev–Trinajstić information content (AvgIpc) is 2.86. The van der Waals surface area contributed by atoms with E-state index in [1.54, 1.807) is 31.3 Å². The van der Waals surface area contributed by atoms with Gasteiger partial charge in [0.2, 0.25) is 0 Å². The molecule has 0 saturated heterocycles. The van der Waals surface area contributed by atoms with Crippen LogP contribution in [0.3, 0.4) is 0 Å². The quantitative estimate of drug-likeness (QED) is 0.837. The molecule has 0 N–H and O–H groups in total. The van der Waals surface area contributed by atoms with Crippen LogP contribution < -0.4 is 9.64 Å². The van der Waals surface area contributed by atoms with Crippen LogP contribution in [-0.4, -0.2) is 24.5 Å². The van der Waals surface area contributed by atoms with Gasteiger partial charge in [-0.3, -0.25) is 4.79 Å². The van der Waals surface area contributed by atoms with Crippen molar-refractivity contribution in [3.05, 3.63) is 40.4 Å². The highest BCUT2D eigenvalue weighted by Gasteiger charge is 2.20. The van der Waals surface area contributed by atoms with Crippen LogP contribution in [0.1, 0.15) is 11.3 Å². The number of anilines is 1. The minimum atomic E-state index is -2.71. The first-order chi connectivity index (χ1) is 9.99. The van der Waals surface area contributed by atoms with Gasteiger partial charge in [-0.15, -0.1) is 0 Å². The SMILES string of the molecule is CN(C(=O)COc1nc(Cl)c(C(F)F)s1)c1ccccc1. The van der Waals surface area contributed by atoms with Gasteiger partial charge in [0, 0.05) is 12.7 Å². The fraction of sp³-hybridized carbons (Fsp3) is 0.231. The molecule has 0 aliphatic rings. The van der Waals surface area contributed by atoms with Crippen molar-refractivity contribution in [2.24, 2.45) is 0 Å². The van der Waals surface area contributed by atoms with E-state index in [0.29, 0.717) is 17.0 Å². The van der Waals surface area contributed by atoms with Crippen molar-refractivity contribution in [3.63, 3.8) is 0 Å². The zero-order valence-electron chi connectivity index (χ0n) is 10.9. The van der Waals surface area contributed by atoms with Crippen molar-refractivity contribution in [3.8, 4) is 5.19 Å². The number of rotatable bonds is 5. The van der Waals surface area contributed by atoms with Gasteiger partial charge >= 0.3 is 0 Å². The van der Waals surface area contributed by atoms with E-state index in [1.807, 2.05) is 6.07 Å². The Bertz CT molecular complexity index is 622. The Kier molecular flexibility index (Phi) is 5.08. The first-order valence-electron chi connectivity index (χ1n) is 5.88. The van der Waals surface area contributed by atoms with Crippen molar-refractivity contribution in [1.82, 2.24) is 4.98 Å². The molecule has 0 aliphatic heterocycles. The molecule has 1 amide bonds. The number of thiazole rings is 1. The largest absolute Gasteiger partial charge is 0.460 e. The fourth-order valence-electron chi connectivity index (χ4n) is 1.51. The molecular formula is C13H11ClF2N2O2S. The maximum absolute atomic E-state index is 12.5. The number of hydrogen-bond donors (Lipinski definition) is 0. The van der Waals surface area contributed by atoms with Gasteiger partial charge in [-0.2, -0.15) is 4.98 Å². The summed E-state index contributed by atoms with van der Waals surface area (Å²) < 4.78 is 30.2. The van der Waals surface area contributed by atoms with Crippen molar-refractivity contribution in [2.75, 3.05) is 18.6 Å². The highest BCUT2D eigenvalue weighted by molar-refractivity contribution is 7.14. The number of aromatic nitrogens is 1. The topological polar surface area (TPSA) is 42.4 Å². The molecule has 1 aromatic carbocycles. The van der Waals surface area contributed by atoms with Crippen LogP contribution in [0.5, 0.6) is 5.19 Å². The number of para-hydroxylation sites is 1. The molecular weight excluding hydrogens is 322 g/mol. The fourth-order valence-corrected chi connectivity index (χ4v) is 2.49. The first-order valence-corrected chi connectivity index (χ1v) is 7.07. The summed E-state index contributed by atoms with van der Waals surface area (Å²) in [5.41, 5.74) is 0.705. The lowest BCUT2D eigenvalue weighted by molar-refractivity contribution is -0.120. The first kappa shape index (κ1) is 15.7. The Balaban J connectivity index is 1.97. The second-order valence-electron chi connectivity index (χ2n) is 4.01. The summed E-state index contributed by atoms with van der Waals surface area (Å²) in [5.74, 6) is -0.328. The molecule has 8 heteroatoms. The van der Waals surface area contributed by atoms with Crippen LogP contribution in [0.15, 0.2) is 30.3 Å². The zero-order chi connectivity index (χ0) is 15.4. The molecule has 0 aliphatic carbocycles. The van der Waals surface area contributed by atoms with Gasteiger partial charge < -0.3 is 9.64 Å². The normalized spacial score (nSPS) is 10.7. The van der Waals surface area contributed by atoms with E-state index in [4.69, 9.17) is 16.3 Å². The molecule has 1 aromatic heterocycles. The molecule has 2 rings (SSSR count). The molecule has 0 fully saturated rings. The summed E-state index contributed by atoms with van der Waals surface area (Å²) in [4.78, 5) is 16.6. The molecule has 2 aromatic rings. The number of hydrogen-bond acceptors (Lipinski definition) is 4. The molecule has 21 heavy (non-hydrogen) atoms. The number of benzene rings is 1. The van der Waals surface area contributed by atoms with E-state index in [0.717, 1.165) is 0 Å². The molecule has 0 saturated carbocycles. The van der Waals surface area contributed by atoms with Gasteiger partial charge in [0.1, 0.15) is 4.88 Å². The van der Waals surface area contributed by atoms with E-state index >= 15 is 0 Å². The van der Waals surface area contributed by atoms with Crippen molar-refractivity contribution < 1.29 is 18.3 Å².